The molecule has 0 atom stereocenters. The summed E-state index contributed by atoms with van der Waals surface area (Å²) in [5, 5.41) is 9.01. The number of nitrogens with zero attached hydrogens (tertiary/aromatic N) is 1. The van der Waals surface area contributed by atoms with Crippen LogP contribution < -0.4 is 0 Å². The number of carbonyl (C=O) groups is 1. The summed E-state index contributed by atoms with van der Waals surface area (Å²) in [4.78, 5) is 13.2. The van der Waals surface area contributed by atoms with Crippen LogP contribution in [0.25, 0.3) is 0 Å². The highest BCUT2D eigenvalue weighted by atomic mass is 16.5. The molecular weight excluding hydrogens is 258 g/mol. The number of hydrogen-bond donors (Lipinski definition) is 1. The van der Waals surface area contributed by atoms with Gasteiger partial charge in [0, 0.05) is 40.5 Å². The van der Waals surface area contributed by atoms with Crippen molar-refractivity contribution in [3.8, 4) is 0 Å². The Morgan fingerprint density at radius 3 is 2.60 bits per heavy atom. The summed E-state index contributed by atoms with van der Waals surface area (Å²) in [5.74, 6) is -0.894. The summed E-state index contributed by atoms with van der Waals surface area (Å²) in [7, 11) is 3.37. The van der Waals surface area contributed by atoms with Gasteiger partial charge >= 0.3 is 5.97 Å². The van der Waals surface area contributed by atoms with Crippen LogP contribution in [0.4, 0.5) is 0 Å². The van der Waals surface area contributed by atoms with Crippen molar-refractivity contribution in [2.45, 2.75) is 13.0 Å². The maximum absolute atomic E-state index is 11.0. The third-order valence-corrected chi connectivity index (χ3v) is 3.01. The molecule has 0 heterocycles. The quantitative estimate of drug-likeness (QED) is 0.663. The molecule has 1 aromatic carbocycles. The number of rotatable bonds is 10. The monoisotopic (exact) mass is 281 g/mol. The highest BCUT2D eigenvalue weighted by molar-refractivity contribution is 5.87. The third-order valence-electron chi connectivity index (χ3n) is 3.01. The predicted octanol–water partition coefficient (Wildman–Crippen LogP) is 1.87. The topological polar surface area (TPSA) is 59.0 Å². The second-order valence-electron chi connectivity index (χ2n) is 4.62. The van der Waals surface area contributed by atoms with Gasteiger partial charge in [-0.1, -0.05) is 12.1 Å². The van der Waals surface area contributed by atoms with Gasteiger partial charge in [0.25, 0.3) is 0 Å². The Morgan fingerprint density at radius 2 is 1.95 bits per heavy atom. The summed E-state index contributed by atoms with van der Waals surface area (Å²) in [6.07, 6.45) is 0.943. The van der Waals surface area contributed by atoms with E-state index >= 15 is 0 Å². The molecule has 1 aromatic rings. The van der Waals surface area contributed by atoms with Gasteiger partial charge in [-0.3, -0.25) is 4.90 Å². The largest absolute Gasteiger partial charge is 0.478 e. The van der Waals surface area contributed by atoms with Crippen molar-refractivity contribution in [1.82, 2.24) is 4.90 Å². The highest BCUT2D eigenvalue weighted by Gasteiger charge is 2.08. The van der Waals surface area contributed by atoms with Crippen molar-refractivity contribution in [3.05, 3.63) is 35.4 Å². The van der Waals surface area contributed by atoms with E-state index in [0.29, 0.717) is 18.7 Å². The minimum Gasteiger partial charge on any atom is -0.478 e. The number of hydrogen-bond acceptors (Lipinski definition) is 4. The summed E-state index contributed by atoms with van der Waals surface area (Å²) < 4.78 is 10.2. The molecule has 1 rings (SSSR count). The predicted molar refractivity (Wildman–Crippen MR) is 77.0 cm³/mol. The molecule has 0 spiro atoms. The van der Waals surface area contributed by atoms with Gasteiger partial charge in [-0.2, -0.15) is 0 Å². The highest BCUT2D eigenvalue weighted by Crippen LogP contribution is 2.09. The molecule has 0 aliphatic rings. The Bertz CT molecular complexity index is 409. The zero-order valence-electron chi connectivity index (χ0n) is 12.2. The fraction of sp³-hybridized carbons (Fsp3) is 0.533. The van der Waals surface area contributed by atoms with Gasteiger partial charge in [-0.15, -0.1) is 0 Å². The van der Waals surface area contributed by atoms with Gasteiger partial charge in [0.15, 0.2) is 0 Å². The number of methoxy groups -OCH3 is 2. The molecule has 5 heteroatoms. The van der Waals surface area contributed by atoms with Crippen LogP contribution in [-0.4, -0.2) is 56.5 Å². The molecule has 0 aromatic heterocycles. The average Bonchev–Trinajstić information content (AvgIpc) is 2.45. The van der Waals surface area contributed by atoms with Gasteiger partial charge in [-0.25, -0.2) is 4.79 Å². The van der Waals surface area contributed by atoms with E-state index < -0.39 is 5.97 Å². The molecule has 0 fully saturated rings. The Labute approximate surface area is 120 Å². The first-order valence-corrected chi connectivity index (χ1v) is 6.70. The summed E-state index contributed by atoms with van der Waals surface area (Å²) in [6, 6.07) is 7.06. The average molecular weight is 281 g/mol. The molecule has 0 aliphatic carbocycles. The smallest absolute Gasteiger partial charge is 0.335 e. The Kier molecular flexibility index (Phi) is 7.87. The minimum absolute atomic E-state index is 0.325. The third kappa shape index (κ3) is 6.14. The lowest BCUT2D eigenvalue weighted by molar-refractivity contribution is 0.0696. The molecule has 0 bridgehead atoms. The minimum atomic E-state index is -0.894. The number of carboxylic acid groups (broad SMARTS) is 1. The number of aromatic carboxylic acids is 1. The van der Waals surface area contributed by atoms with Crippen LogP contribution in [-0.2, 0) is 16.0 Å². The molecule has 0 saturated carbocycles. The van der Waals surface area contributed by atoms with Crippen molar-refractivity contribution < 1.29 is 19.4 Å². The van der Waals surface area contributed by atoms with Gasteiger partial charge in [-0.05, 0) is 24.1 Å². The van der Waals surface area contributed by atoms with E-state index in [0.717, 1.165) is 31.7 Å². The summed E-state index contributed by atoms with van der Waals surface area (Å²) in [6.45, 7) is 3.81. The fourth-order valence-corrected chi connectivity index (χ4v) is 1.98. The van der Waals surface area contributed by atoms with Crippen molar-refractivity contribution in [1.29, 1.82) is 0 Å². The lowest BCUT2D eigenvalue weighted by Crippen LogP contribution is -2.28. The number of benzene rings is 1. The van der Waals surface area contributed by atoms with Crippen LogP contribution in [0, 0.1) is 0 Å². The summed E-state index contributed by atoms with van der Waals surface area (Å²) in [5.41, 5.74) is 1.32. The normalized spacial score (nSPS) is 10.9. The van der Waals surface area contributed by atoms with Crippen LogP contribution in [0.5, 0.6) is 0 Å². The Morgan fingerprint density at radius 1 is 1.20 bits per heavy atom. The van der Waals surface area contributed by atoms with Crippen LogP contribution in [0.3, 0.4) is 0 Å². The zero-order valence-corrected chi connectivity index (χ0v) is 12.2. The first-order chi connectivity index (χ1) is 9.67. The molecule has 5 nitrogen and oxygen atoms in total. The molecule has 20 heavy (non-hydrogen) atoms. The zero-order chi connectivity index (χ0) is 14.8. The number of ether oxygens (including phenoxy) is 2. The second-order valence-corrected chi connectivity index (χ2v) is 4.62. The molecule has 0 unspecified atom stereocenters. The van der Waals surface area contributed by atoms with Crippen molar-refractivity contribution in [2.24, 2.45) is 0 Å². The van der Waals surface area contributed by atoms with E-state index in [-0.39, 0.29) is 0 Å². The maximum Gasteiger partial charge on any atom is 0.335 e. The molecular formula is C15H23NO4. The molecule has 1 N–H and O–H groups in total. The van der Waals surface area contributed by atoms with Gasteiger partial charge in [0.1, 0.15) is 0 Å². The lowest BCUT2D eigenvalue weighted by atomic mass is 10.1. The maximum atomic E-state index is 11.0. The second kappa shape index (κ2) is 9.47. The van der Waals surface area contributed by atoms with E-state index in [1.54, 1.807) is 32.4 Å². The van der Waals surface area contributed by atoms with Gasteiger partial charge in [0.05, 0.1) is 12.2 Å². The van der Waals surface area contributed by atoms with Crippen LogP contribution >= 0.6 is 0 Å². The van der Waals surface area contributed by atoms with Crippen LogP contribution in [0.15, 0.2) is 24.3 Å². The molecule has 0 radical (unpaired) electrons. The Hall–Kier alpha value is -1.43. The molecule has 0 amide bonds. The standard InChI is InChI=1S/C15H23NO4/c1-19-9-4-7-16(8-10-20-2)12-13-5-3-6-14(11-13)15(17)18/h3,5-6,11H,4,7-10,12H2,1-2H3,(H,17,18). The lowest BCUT2D eigenvalue weighted by Gasteiger charge is -2.22. The van der Waals surface area contributed by atoms with E-state index in [9.17, 15) is 4.79 Å². The van der Waals surface area contributed by atoms with E-state index in [2.05, 4.69) is 4.90 Å². The van der Waals surface area contributed by atoms with Gasteiger partial charge < -0.3 is 14.6 Å². The van der Waals surface area contributed by atoms with Crippen LogP contribution in [0.2, 0.25) is 0 Å². The summed E-state index contributed by atoms with van der Waals surface area (Å²) >= 11 is 0. The van der Waals surface area contributed by atoms with Crippen LogP contribution in [0.1, 0.15) is 22.3 Å². The van der Waals surface area contributed by atoms with E-state index in [4.69, 9.17) is 14.6 Å². The van der Waals surface area contributed by atoms with Crippen molar-refractivity contribution >= 4 is 5.97 Å². The fourth-order valence-electron chi connectivity index (χ4n) is 1.98. The number of carboxylic acids is 1. The molecule has 0 saturated heterocycles. The first-order valence-electron chi connectivity index (χ1n) is 6.70. The Balaban J connectivity index is 2.62. The SMILES string of the molecule is COCCCN(CCOC)Cc1cccc(C(=O)O)c1. The van der Waals surface area contributed by atoms with E-state index in [1.165, 1.54) is 0 Å². The van der Waals surface area contributed by atoms with Gasteiger partial charge in [0.2, 0.25) is 0 Å². The molecule has 0 aliphatic heterocycles. The van der Waals surface area contributed by atoms with Crippen molar-refractivity contribution in [2.75, 3.05) is 40.5 Å². The van der Waals surface area contributed by atoms with Crippen molar-refractivity contribution in [3.63, 3.8) is 0 Å². The molecule has 112 valence electrons. The first kappa shape index (κ1) is 16.6. The van der Waals surface area contributed by atoms with E-state index in [1.807, 2.05) is 6.07 Å².